The number of nitrogens with two attached hydrogens (primary N) is 1. The van der Waals surface area contributed by atoms with Gasteiger partial charge in [-0.15, -0.1) is 10.2 Å². The molecule has 20 heavy (non-hydrogen) atoms. The lowest BCUT2D eigenvalue weighted by atomic mass is 10.1. The molecule has 0 saturated heterocycles. The van der Waals surface area contributed by atoms with Crippen molar-refractivity contribution in [2.24, 2.45) is 5.73 Å². The summed E-state index contributed by atoms with van der Waals surface area (Å²) in [6.07, 6.45) is 0. The van der Waals surface area contributed by atoms with Crippen LogP contribution in [-0.4, -0.2) is 14.8 Å². The number of hydrogen-bond donors (Lipinski definition) is 1. The number of benzene rings is 1. The van der Waals surface area contributed by atoms with E-state index in [1.54, 1.807) is 6.07 Å². The quantitative estimate of drug-likeness (QED) is 0.853. The van der Waals surface area contributed by atoms with Gasteiger partial charge in [0.2, 0.25) is 0 Å². The van der Waals surface area contributed by atoms with Gasteiger partial charge in [0, 0.05) is 12.3 Å². The van der Waals surface area contributed by atoms with Crippen LogP contribution in [0.2, 0.25) is 0 Å². The molecule has 0 aliphatic carbocycles. The van der Waals surface area contributed by atoms with Crippen molar-refractivity contribution in [3.05, 3.63) is 41.0 Å². The lowest BCUT2D eigenvalue weighted by Crippen LogP contribution is -2.08. The molecular formula is C13H14FN5S. The molecule has 0 saturated carbocycles. The van der Waals surface area contributed by atoms with E-state index in [1.807, 2.05) is 17.6 Å². The molecule has 0 aliphatic rings. The van der Waals surface area contributed by atoms with Crippen LogP contribution in [0.3, 0.4) is 0 Å². The number of nitrogens with zero attached hydrogens (tertiary/aromatic N) is 4. The third-order valence-electron chi connectivity index (χ3n) is 2.82. The molecule has 0 fully saturated rings. The van der Waals surface area contributed by atoms with E-state index in [2.05, 4.69) is 10.2 Å². The van der Waals surface area contributed by atoms with Crippen LogP contribution in [0.5, 0.6) is 0 Å². The van der Waals surface area contributed by atoms with Crippen molar-refractivity contribution in [3.8, 4) is 6.07 Å². The average Bonchev–Trinajstić information content (AvgIpc) is 2.88. The highest BCUT2D eigenvalue weighted by atomic mass is 32.2. The minimum absolute atomic E-state index is 0.319. The number of nitriles is 1. The van der Waals surface area contributed by atoms with Gasteiger partial charge in [-0.25, -0.2) is 4.39 Å². The number of hydrogen-bond acceptors (Lipinski definition) is 5. The van der Waals surface area contributed by atoms with Gasteiger partial charge in [0.1, 0.15) is 11.6 Å². The first kappa shape index (κ1) is 14.5. The molecule has 0 bridgehead atoms. The molecule has 0 unspecified atom stereocenters. The maximum atomic E-state index is 13.7. The van der Waals surface area contributed by atoms with E-state index in [1.165, 1.54) is 23.9 Å². The van der Waals surface area contributed by atoms with Crippen molar-refractivity contribution in [3.63, 3.8) is 0 Å². The summed E-state index contributed by atoms with van der Waals surface area (Å²) >= 11 is 1.38. The standard InChI is InChI=1S/C13H14FN5S/c1-2-19-12(7-16)17-18-13(19)20-8-10-5-9(6-15)3-4-11(10)14/h3-5H,2,7-8,16H2,1H3. The Morgan fingerprint density at radius 1 is 1.45 bits per heavy atom. The highest BCUT2D eigenvalue weighted by molar-refractivity contribution is 7.98. The highest BCUT2D eigenvalue weighted by Gasteiger charge is 2.11. The van der Waals surface area contributed by atoms with E-state index >= 15 is 0 Å². The van der Waals surface area contributed by atoms with Crippen molar-refractivity contribution in [2.45, 2.75) is 30.9 Å². The van der Waals surface area contributed by atoms with E-state index in [-0.39, 0.29) is 5.82 Å². The average molecular weight is 291 g/mol. The van der Waals surface area contributed by atoms with Gasteiger partial charge >= 0.3 is 0 Å². The topological polar surface area (TPSA) is 80.5 Å². The summed E-state index contributed by atoms with van der Waals surface area (Å²) in [4.78, 5) is 0. The lowest BCUT2D eigenvalue weighted by Gasteiger charge is -2.06. The first-order valence-corrected chi connectivity index (χ1v) is 7.11. The fourth-order valence-corrected chi connectivity index (χ4v) is 2.79. The second-order valence-electron chi connectivity index (χ2n) is 4.05. The molecule has 2 N–H and O–H groups in total. The molecule has 5 nitrogen and oxygen atoms in total. The Hall–Kier alpha value is -1.91. The Kier molecular flexibility index (Phi) is 4.71. The zero-order valence-electron chi connectivity index (χ0n) is 11.0. The van der Waals surface area contributed by atoms with Crippen LogP contribution >= 0.6 is 11.8 Å². The van der Waals surface area contributed by atoms with Gasteiger partial charge in [0.05, 0.1) is 18.2 Å². The molecule has 0 spiro atoms. The van der Waals surface area contributed by atoms with Crippen LogP contribution in [0.1, 0.15) is 23.9 Å². The van der Waals surface area contributed by atoms with Gasteiger partial charge < -0.3 is 10.3 Å². The highest BCUT2D eigenvalue weighted by Crippen LogP contribution is 2.24. The molecule has 0 atom stereocenters. The maximum Gasteiger partial charge on any atom is 0.191 e. The minimum Gasteiger partial charge on any atom is -0.324 e. The molecule has 0 radical (unpaired) electrons. The summed E-state index contributed by atoms with van der Waals surface area (Å²) in [6.45, 7) is 3.01. The van der Waals surface area contributed by atoms with Gasteiger partial charge in [0.25, 0.3) is 0 Å². The minimum atomic E-state index is -0.321. The number of thioether (sulfide) groups is 1. The van der Waals surface area contributed by atoms with E-state index in [0.717, 1.165) is 0 Å². The number of aromatic nitrogens is 3. The van der Waals surface area contributed by atoms with E-state index in [9.17, 15) is 4.39 Å². The molecule has 0 aliphatic heterocycles. The molecule has 1 aromatic carbocycles. The molecule has 7 heteroatoms. The number of rotatable bonds is 5. The van der Waals surface area contributed by atoms with Crippen molar-refractivity contribution >= 4 is 11.8 Å². The van der Waals surface area contributed by atoms with Crippen molar-refractivity contribution in [1.82, 2.24) is 14.8 Å². The van der Waals surface area contributed by atoms with Crippen LogP contribution in [0.4, 0.5) is 4.39 Å². The molecular weight excluding hydrogens is 277 g/mol. The van der Waals surface area contributed by atoms with Crippen LogP contribution < -0.4 is 5.73 Å². The van der Waals surface area contributed by atoms with Crippen LogP contribution in [0.25, 0.3) is 0 Å². The van der Waals surface area contributed by atoms with Crippen LogP contribution in [-0.2, 0) is 18.8 Å². The predicted molar refractivity (Wildman–Crippen MR) is 74.3 cm³/mol. The molecule has 2 rings (SSSR count). The zero-order chi connectivity index (χ0) is 14.5. The second-order valence-corrected chi connectivity index (χ2v) is 5.00. The SMILES string of the molecule is CCn1c(CN)nnc1SCc1cc(C#N)ccc1F. The van der Waals surface area contributed by atoms with Crippen molar-refractivity contribution in [1.29, 1.82) is 5.26 Å². The second kappa shape index (κ2) is 6.50. The summed E-state index contributed by atoms with van der Waals surface area (Å²) < 4.78 is 15.6. The Balaban J connectivity index is 2.17. The van der Waals surface area contributed by atoms with Crippen LogP contribution in [0, 0.1) is 17.1 Å². The molecule has 1 aromatic heterocycles. The Labute approximate surface area is 120 Å². The summed E-state index contributed by atoms with van der Waals surface area (Å²) in [5.41, 5.74) is 6.51. The molecule has 2 aromatic rings. The Morgan fingerprint density at radius 2 is 2.25 bits per heavy atom. The van der Waals surface area contributed by atoms with Gasteiger partial charge in [0.15, 0.2) is 5.16 Å². The largest absolute Gasteiger partial charge is 0.324 e. The van der Waals surface area contributed by atoms with Crippen molar-refractivity contribution in [2.75, 3.05) is 0 Å². The first-order chi connectivity index (χ1) is 9.69. The first-order valence-electron chi connectivity index (χ1n) is 6.13. The third kappa shape index (κ3) is 2.98. The van der Waals surface area contributed by atoms with Crippen molar-refractivity contribution < 1.29 is 4.39 Å². The lowest BCUT2D eigenvalue weighted by molar-refractivity contribution is 0.616. The predicted octanol–water partition coefficient (Wildman–Crippen LogP) is 2.06. The van der Waals surface area contributed by atoms with E-state index < -0.39 is 0 Å². The monoisotopic (exact) mass is 291 g/mol. The van der Waals surface area contributed by atoms with Gasteiger partial charge in [-0.1, -0.05) is 11.8 Å². The smallest absolute Gasteiger partial charge is 0.191 e. The van der Waals surface area contributed by atoms with Gasteiger partial charge in [-0.05, 0) is 30.7 Å². The Bertz CT molecular complexity index is 647. The molecule has 104 valence electrons. The molecule has 1 heterocycles. The third-order valence-corrected chi connectivity index (χ3v) is 3.84. The van der Waals surface area contributed by atoms with Gasteiger partial charge in [-0.2, -0.15) is 5.26 Å². The summed E-state index contributed by atoms with van der Waals surface area (Å²) in [5, 5.41) is 17.6. The van der Waals surface area contributed by atoms with E-state index in [0.29, 0.717) is 41.0 Å². The summed E-state index contributed by atoms with van der Waals surface area (Å²) in [5.74, 6) is 0.781. The fourth-order valence-electron chi connectivity index (χ4n) is 1.79. The normalized spacial score (nSPS) is 10.5. The zero-order valence-corrected chi connectivity index (χ0v) is 11.8. The Morgan fingerprint density at radius 3 is 2.90 bits per heavy atom. The molecule has 0 amide bonds. The van der Waals surface area contributed by atoms with Gasteiger partial charge in [-0.3, -0.25) is 0 Å². The summed E-state index contributed by atoms with van der Waals surface area (Å²) in [6, 6.07) is 6.33. The maximum absolute atomic E-state index is 13.7. The van der Waals surface area contributed by atoms with Crippen LogP contribution in [0.15, 0.2) is 23.4 Å². The number of halogens is 1. The fraction of sp³-hybridized carbons (Fsp3) is 0.308. The van der Waals surface area contributed by atoms with E-state index in [4.69, 9.17) is 11.0 Å². The summed E-state index contributed by atoms with van der Waals surface area (Å²) in [7, 11) is 0.